The molecule has 0 saturated heterocycles. The molecule has 0 aromatic rings. The molecule has 19 heavy (non-hydrogen) atoms. The summed E-state index contributed by atoms with van der Waals surface area (Å²) >= 11 is 0. The lowest BCUT2D eigenvalue weighted by molar-refractivity contribution is 0.0530. The Morgan fingerprint density at radius 2 is 1.95 bits per heavy atom. The maximum absolute atomic E-state index is 12.5. The molecule has 0 bridgehead atoms. The molecule has 0 heterocycles. The number of aliphatic hydroxyl groups is 1. The second kappa shape index (κ2) is 9.61. The van der Waals surface area contributed by atoms with Crippen LogP contribution in [0.15, 0.2) is 0 Å². The van der Waals surface area contributed by atoms with E-state index in [1.54, 1.807) is 4.90 Å². The number of nitrogens with zero attached hydrogens (tertiary/aromatic N) is 1. The SMILES string of the molecule is CCC(C)(CNCC(C)C)CN(CCO)CC(F)F. The summed E-state index contributed by atoms with van der Waals surface area (Å²) in [5, 5.41) is 12.4. The first-order chi connectivity index (χ1) is 8.83. The normalized spacial score (nSPS) is 15.5. The molecule has 0 spiro atoms. The number of hydrogen-bond donors (Lipinski definition) is 2. The molecule has 0 fully saturated rings. The van der Waals surface area contributed by atoms with Crippen molar-refractivity contribution in [1.29, 1.82) is 0 Å². The van der Waals surface area contributed by atoms with Crippen LogP contribution in [-0.2, 0) is 0 Å². The minimum Gasteiger partial charge on any atom is -0.395 e. The van der Waals surface area contributed by atoms with E-state index < -0.39 is 6.43 Å². The zero-order chi connectivity index (χ0) is 14.9. The summed E-state index contributed by atoms with van der Waals surface area (Å²) in [6.07, 6.45) is -1.43. The fourth-order valence-corrected chi connectivity index (χ4v) is 2.07. The molecule has 1 unspecified atom stereocenters. The van der Waals surface area contributed by atoms with E-state index >= 15 is 0 Å². The molecule has 0 rings (SSSR count). The average Bonchev–Trinajstić information content (AvgIpc) is 2.27. The highest BCUT2D eigenvalue weighted by Gasteiger charge is 2.26. The smallest absolute Gasteiger partial charge is 0.251 e. The zero-order valence-electron chi connectivity index (χ0n) is 12.8. The molecule has 0 saturated carbocycles. The summed E-state index contributed by atoms with van der Waals surface area (Å²) in [6.45, 7) is 10.8. The van der Waals surface area contributed by atoms with Gasteiger partial charge < -0.3 is 10.4 Å². The lowest BCUT2D eigenvalue weighted by Crippen LogP contribution is -2.45. The van der Waals surface area contributed by atoms with E-state index in [2.05, 4.69) is 33.0 Å². The molecular weight excluding hydrogens is 250 g/mol. The molecule has 116 valence electrons. The van der Waals surface area contributed by atoms with Gasteiger partial charge in [0.05, 0.1) is 13.2 Å². The Hall–Kier alpha value is -0.260. The van der Waals surface area contributed by atoms with Gasteiger partial charge in [-0.25, -0.2) is 8.78 Å². The first-order valence-corrected chi connectivity index (χ1v) is 7.15. The maximum atomic E-state index is 12.5. The molecular formula is C14H30F2N2O. The van der Waals surface area contributed by atoms with E-state index in [-0.39, 0.29) is 18.6 Å². The van der Waals surface area contributed by atoms with Gasteiger partial charge in [-0.05, 0) is 24.3 Å². The summed E-state index contributed by atoms with van der Waals surface area (Å²) in [6, 6.07) is 0. The standard InChI is InChI=1S/C14H30F2N2O/c1-5-14(4,10-17-8-12(2)3)11-18(6-7-19)9-13(15)16/h12-13,17,19H,5-11H2,1-4H3. The highest BCUT2D eigenvalue weighted by molar-refractivity contribution is 4.80. The highest BCUT2D eigenvalue weighted by Crippen LogP contribution is 2.22. The Bertz CT molecular complexity index is 227. The number of alkyl halides is 2. The number of nitrogens with one attached hydrogen (secondary N) is 1. The monoisotopic (exact) mass is 280 g/mol. The van der Waals surface area contributed by atoms with E-state index in [1.807, 2.05) is 0 Å². The van der Waals surface area contributed by atoms with Crippen molar-refractivity contribution in [3.05, 3.63) is 0 Å². The lowest BCUT2D eigenvalue weighted by atomic mass is 9.86. The molecule has 2 N–H and O–H groups in total. The van der Waals surface area contributed by atoms with Crippen LogP contribution in [0.1, 0.15) is 34.1 Å². The summed E-state index contributed by atoms with van der Waals surface area (Å²) in [4.78, 5) is 1.66. The molecule has 3 nitrogen and oxygen atoms in total. The quantitative estimate of drug-likeness (QED) is 0.609. The third kappa shape index (κ3) is 9.30. The van der Waals surface area contributed by atoms with E-state index in [9.17, 15) is 8.78 Å². The largest absolute Gasteiger partial charge is 0.395 e. The first kappa shape index (κ1) is 18.7. The Morgan fingerprint density at radius 1 is 1.32 bits per heavy atom. The molecule has 0 aliphatic carbocycles. The van der Waals surface area contributed by atoms with Gasteiger partial charge in [0.25, 0.3) is 6.43 Å². The summed E-state index contributed by atoms with van der Waals surface area (Å²) < 4.78 is 25.0. The number of hydrogen-bond acceptors (Lipinski definition) is 3. The molecule has 0 aliphatic rings. The molecule has 0 aromatic heterocycles. The van der Waals surface area contributed by atoms with Gasteiger partial charge in [-0.1, -0.05) is 27.7 Å². The molecule has 0 radical (unpaired) electrons. The fourth-order valence-electron chi connectivity index (χ4n) is 2.07. The number of rotatable bonds is 11. The van der Waals surface area contributed by atoms with Crippen LogP contribution in [0.4, 0.5) is 8.78 Å². The second-order valence-corrected chi connectivity index (χ2v) is 6.04. The van der Waals surface area contributed by atoms with Gasteiger partial charge in [-0.15, -0.1) is 0 Å². The zero-order valence-corrected chi connectivity index (χ0v) is 12.8. The number of aliphatic hydroxyl groups excluding tert-OH is 1. The Balaban J connectivity index is 4.36. The molecule has 0 amide bonds. The van der Waals surface area contributed by atoms with Gasteiger partial charge in [0.1, 0.15) is 0 Å². The Kier molecular flexibility index (Phi) is 9.48. The highest BCUT2D eigenvalue weighted by atomic mass is 19.3. The van der Waals surface area contributed by atoms with Crippen LogP contribution in [0.25, 0.3) is 0 Å². The predicted molar refractivity (Wildman–Crippen MR) is 75.6 cm³/mol. The third-order valence-electron chi connectivity index (χ3n) is 3.38. The topological polar surface area (TPSA) is 35.5 Å². The number of halogens is 2. The van der Waals surface area contributed by atoms with Crippen molar-refractivity contribution >= 4 is 0 Å². The molecule has 0 aliphatic heterocycles. The van der Waals surface area contributed by atoms with Gasteiger partial charge in [-0.2, -0.15) is 0 Å². The van der Waals surface area contributed by atoms with Crippen molar-refractivity contribution in [2.75, 3.05) is 39.3 Å². The van der Waals surface area contributed by atoms with Crippen molar-refractivity contribution < 1.29 is 13.9 Å². The molecule has 1 atom stereocenters. The summed E-state index contributed by atoms with van der Waals surface area (Å²) in [5.74, 6) is 0.579. The van der Waals surface area contributed by atoms with Gasteiger partial charge >= 0.3 is 0 Å². The minimum atomic E-state index is -2.35. The lowest BCUT2D eigenvalue weighted by Gasteiger charge is -2.35. The van der Waals surface area contributed by atoms with Crippen molar-refractivity contribution in [1.82, 2.24) is 10.2 Å². The van der Waals surface area contributed by atoms with Crippen LogP contribution in [-0.4, -0.2) is 55.8 Å². The first-order valence-electron chi connectivity index (χ1n) is 7.15. The van der Waals surface area contributed by atoms with Crippen molar-refractivity contribution in [2.24, 2.45) is 11.3 Å². The van der Waals surface area contributed by atoms with Gasteiger partial charge in [0.15, 0.2) is 0 Å². The molecule has 0 aromatic carbocycles. The van der Waals surface area contributed by atoms with Gasteiger partial charge in [-0.3, -0.25) is 4.90 Å². The minimum absolute atomic E-state index is 0.0427. The third-order valence-corrected chi connectivity index (χ3v) is 3.38. The average molecular weight is 280 g/mol. The van der Waals surface area contributed by atoms with Crippen LogP contribution >= 0.6 is 0 Å². The van der Waals surface area contributed by atoms with Crippen LogP contribution in [0.5, 0.6) is 0 Å². The van der Waals surface area contributed by atoms with E-state index in [4.69, 9.17) is 5.11 Å². The van der Waals surface area contributed by atoms with E-state index in [0.717, 1.165) is 19.5 Å². The van der Waals surface area contributed by atoms with Gasteiger partial charge in [0.2, 0.25) is 0 Å². The van der Waals surface area contributed by atoms with Crippen molar-refractivity contribution in [3.63, 3.8) is 0 Å². The van der Waals surface area contributed by atoms with E-state index in [0.29, 0.717) is 19.0 Å². The summed E-state index contributed by atoms with van der Waals surface area (Å²) in [5.41, 5.74) is -0.0427. The van der Waals surface area contributed by atoms with Crippen molar-refractivity contribution in [2.45, 2.75) is 40.5 Å². The Morgan fingerprint density at radius 3 is 2.37 bits per heavy atom. The maximum Gasteiger partial charge on any atom is 0.251 e. The Labute approximate surface area is 116 Å². The van der Waals surface area contributed by atoms with Crippen LogP contribution < -0.4 is 5.32 Å². The van der Waals surface area contributed by atoms with Crippen molar-refractivity contribution in [3.8, 4) is 0 Å². The fraction of sp³-hybridized carbons (Fsp3) is 1.00. The second-order valence-electron chi connectivity index (χ2n) is 6.04. The predicted octanol–water partition coefficient (Wildman–Crippen LogP) is 2.21. The van der Waals surface area contributed by atoms with Gasteiger partial charge in [0, 0.05) is 19.6 Å². The van der Waals surface area contributed by atoms with E-state index in [1.165, 1.54) is 0 Å². The van der Waals surface area contributed by atoms with Crippen LogP contribution in [0, 0.1) is 11.3 Å². The molecule has 5 heteroatoms. The van der Waals surface area contributed by atoms with Crippen LogP contribution in [0.2, 0.25) is 0 Å². The van der Waals surface area contributed by atoms with Crippen LogP contribution in [0.3, 0.4) is 0 Å². The summed E-state index contributed by atoms with van der Waals surface area (Å²) in [7, 11) is 0.